The van der Waals surface area contributed by atoms with E-state index < -0.39 is 39.3 Å². The van der Waals surface area contributed by atoms with Crippen molar-refractivity contribution in [2.75, 3.05) is 13.2 Å². The molecule has 160 valence electrons. The fourth-order valence-corrected chi connectivity index (χ4v) is 3.53. The summed E-state index contributed by atoms with van der Waals surface area (Å²) in [6.45, 7) is 1.82. The van der Waals surface area contributed by atoms with Crippen molar-refractivity contribution in [3.05, 3.63) is 104 Å². The third kappa shape index (κ3) is 3.74. The van der Waals surface area contributed by atoms with E-state index in [0.29, 0.717) is 5.75 Å². The topological polar surface area (TPSA) is 113 Å². The molecule has 0 heterocycles. The molecule has 0 saturated carbocycles. The molecule has 0 aromatic heterocycles. The van der Waals surface area contributed by atoms with Crippen LogP contribution in [-0.4, -0.2) is 35.7 Å². The Bertz CT molecular complexity index is 1260. The number of nitro groups is 1. The van der Waals surface area contributed by atoms with Gasteiger partial charge in [0, 0.05) is 16.7 Å². The Morgan fingerprint density at radius 3 is 2.19 bits per heavy atom. The highest BCUT2D eigenvalue weighted by Gasteiger charge is 2.38. The maximum Gasteiger partial charge on any atom is 0.345 e. The highest BCUT2D eigenvalue weighted by molar-refractivity contribution is 6.30. The van der Waals surface area contributed by atoms with Crippen LogP contribution in [0.3, 0.4) is 0 Å². The van der Waals surface area contributed by atoms with Crippen LogP contribution in [0.2, 0.25) is 0 Å². The van der Waals surface area contributed by atoms with Gasteiger partial charge in [-0.1, -0.05) is 42.0 Å². The van der Waals surface area contributed by atoms with Crippen molar-refractivity contribution in [1.82, 2.24) is 0 Å². The molecule has 0 unspecified atom stereocenters. The van der Waals surface area contributed by atoms with Gasteiger partial charge in [-0.3, -0.25) is 19.7 Å². The van der Waals surface area contributed by atoms with Crippen molar-refractivity contribution in [2.45, 2.75) is 6.92 Å². The minimum absolute atomic E-state index is 0.0400. The molecule has 0 atom stereocenters. The standard InChI is InChI=1S/C24H17NO7/c1-14-6-8-15(9-7-14)31-12-13-32-24(28)19-11-10-18-20(21(19)25(29)30)23(27)17-5-3-2-4-16(17)22(18)26/h2-11H,12-13H2,1H3. The van der Waals surface area contributed by atoms with E-state index in [4.69, 9.17) is 9.47 Å². The molecule has 8 heteroatoms. The molecular formula is C24H17NO7. The van der Waals surface area contributed by atoms with Crippen molar-refractivity contribution in [1.29, 1.82) is 0 Å². The molecule has 0 amide bonds. The second-order valence-corrected chi connectivity index (χ2v) is 7.14. The Kier molecular flexibility index (Phi) is 5.51. The van der Waals surface area contributed by atoms with Gasteiger partial charge in [0.15, 0.2) is 5.78 Å². The fraction of sp³-hybridized carbons (Fsp3) is 0.125. The summed E-state index contributed by atoms with van der Waals surface area (Å²) < 4.78 is 10.6. The van der Waals surface area contributed by atoms with E-state index in [9.17, 15) is 24.5 Å². The molecule has 0 N–H and O–H groups in total. The largest absolute Gasteiger partial charge is 0.490 e. The van der Waals surface area contributed by atoms with Gasteiger partial charge >= 0.3 is 5.97 Å². The maximum atomic E-state index is 13.0. The Morgan fingerprint density at radius 2 is 1.53 bits per heavy atom. The molecule has 0 radical (unpaired) electrons. The van der Waals surface area contributed by atoms with Gasteiger partial charge in [-0.15, -0.1) is 0 Å². The molecule has 0 aliphatic heterocycles. The minimum atomic E-state index is -0.980. The Hall–Kier alpha value is -4.33. The van der Waals surface area contributed by atoms with E-state index in [0.717, 1.165) is 11.6 Å². The van der Waals surface area contributed by atoms with E-state index in [1.165, 1.54) is 18.2 Å². The van der Waals surface area contributed by atoms with Crippen LogP contribution in [0.15, 0.2) is 60.7 Å². The molecule has 0 bridgehead atoms. The molecular weight excluding hydrogens is 414 g/mol. The minimum Gasteiger partial charge on any atom is -0.490 e. The normalized spacial score (nSPS) is 12.0. The summed E-state index contributed by atoms with van der Waals surface area (Å²) in [5.41, 5.74) is -0.347. The van der Waals surface area contributed by atoms with Gasteiger partial charge in [0.25, 0.3) is 5.69 Å². The van der Waals surface area contributed by atoms with Crippen LogP contribution in [0.1, 0.15) is 47.8 Å². The van der Waals surface area contributed by atoms with Crippen LogP contribution < -0.4 is 4.74 Å². The van der Waals surface area contributed by atoms with Gasteiger partial charge < -0.3 is 9.47 Å². The average Bonchev–Trinajstić information content (AvgIpc) is 2.80. The number of ether oxygens (including phenoxy) is 2. The summed E-state index contributed by atoms with van der Waals surface area (Å²) in [4.78, 5) is 49.3. The first-order chi connectivity index (χ1) is 15.4. The number of nitrogens with zero attached hydrogens (tertiary/aromatic N) is 1. The molecule has 3 aromatic carbocycles. The number of hydrogen-bond donors (Lipinski definition) is 0. The summed E-state index contributed by atoms with van der Waals surface area (Å²) in [7, 11) is 0. The Labute approximate surface area is 182 Å². The van der Waals surface area contributed by atoms with E-state index in [-0.39, 0.29) is 29.9 Å². The van der Waals surface area contributed by atoms with Crippen LogP contribution in [0.25, 0.3) is 0 Å². The number of carbonyl (C=O) groups excluding carboxylic acids is 3. The number of fused-ring (bicyclic) bond motifs is 2. The second-order valence-electron chi connectivity index (χ2n) is 7.14. The van der Waals surface area contributed by atoms with Crippen molar-refractivity contribution < 1.29 is 28.8 Å². The van der Waals surface area contributed by atoms with Gasteiger partial charge in [-0.05, 0) is 31.2 Å². The zero-order valence-electron chi connectivity index (χ0n) is 17.0. The Balaban J connectivity index is 1.57. The van der Waals surface area contributed by atoms with Crippen molar-refractivity contribution >= 4 is 23.2 Å². The lowest BCUT2D eigenvalue weighted by atomic mass is 9.82. The summed E-state index contributed by atoms with van der Waals surface area (Å²) in [5, 5.41) is 11.8. The molecule has 0 fully saturated rings. The first kappa shape index (κ1) is 20.9. The number of carbonyl (C=O) groups is 3. The highest BCUT2D eigenvalue weighted by Crippen LogP contribution is 2.35. The number of aryl methyl sites for hydroxylation is 1. The van der Waals surface area contributed by atoms with Crippen molar-refractivity contribution in [3.63, 3.8) is 0 Å². The van der Waals surface area contributed by atoms with E-state index in [1.807, 2.05) is 19.1 Å². The number of hydrogen-bond acceptors (Lipinski definition) is 7. The number of benzene rings is 3. The number of rotatable bonds is 6. The van der Waals surface area contributed by atoms with Gasteiger partial charge in [0.05, 0.1) is 4.92 Å². The lowest BCUT2D eigenvalue weighted by molar-refractivity contribution is -0.385. The van der Waals surface area contributed by atoms with Crippen LogP contribution in [0, 0.1) is 17.0 Å². The Morgan fingerprint density at radius 1 is 0.875 bits per heavy atom. The average molecular weight is 431 g/mol. The molecule has 3 aromatic rings. The SMILES string of the molecule is Cc1ccc(OCCOC(=O)c2ccc3c(c2[N+](=O)[O-])C(=O)c2ccccc2C3=O)cc1. The zero-order valence-corrected chi connectivity index (χ0v) is 17.0. The molecule has 1 aliphatic rings. The van der Waals surface area contributed by atoms with Gasteiger partial charge in [-0.25, -0.2) is 4.79 Å². The number of nitro benzene ring substituents is 1. The third-order valence-electron chi connectivity index (χ3n) is 5.07. The summed E-state index contributed by atoms with van der Waals surface area (Å²) in [5.74, 6) is -1.58. The van der Waals surface area contributed by atoms with E-state index in [2.05, 4.69) is 0 Å². The van der Waals surface area contributed by atoms with Gasteiger partial charge in [0.1, 0.15) is 30.1 Å². The van der Waals surface area contributed by atoms with Gasteiger partial charge in [0.2, 0.25) is 5.78 Å². The molecule has 0 saturated heterocycles. The molecule has 4 rings (SSSR count). The van der Waals surface area contributed by atoms with Crippen LogP contribution >= 0.6 is 0 Å². The quantitative estimate of drug-likeness (QED) is 0.197. The predicted octanol–water partition coefficient (Wildman–Crippen LogP) is 3.91. The maximum absolute atomic E-state index is 13.0. The number of esters is 1. The smallest absolute Gasteiger partial charge is 0.345 e. The molecule has 32 heavy (non-hydrogen) atoms. The molecule has 1 aliphatic carbocycles. The van der Waals surface area contributed by atoms with Gasteiger partial charge in [-0.2, -0.15) is 0 Å². The van der Waals surface area contributed by atoms with Crippen LogP contribution in [0.4, 0.5) is 5.69 Å². The van der Waals surface area contributed by atoms with Crippen LogP contribution in [0.5, 0.6) is 5.75 Å². The highest BCUT2D eigenvalue weighted by atomic mass is 16.6. The first-order valence-electron chi connectivity index (χ1n) is 9.75. The molecule has 8 nitrogen and oxygen atoms in total. The zero-order chi connectivity index (χ0) is 22.8. The summed E-state index contributed by atoms with van der Waals surface area (Å²) in [6, 6.07) is 15.7. The van der Waals surface area contributed by atoms with Crippen LogP contribution in [-0.2, 0) is 4.74 Å². The summed E-state index contributed by atoms with van der Waals surface area (Å²) >= 11 is 0. The molecule has 0 spiro atoms. The second kappa shape index (κ2) is 8.43. The first-order valence-corrected chi connectivity index (χ1v) is 9.75. The lowest BCUT2D eigenvalue weighted by Gasteiger charge is -2.18. The monoisotopic (exact) mass is 431 g/mol. The predicted molar refractivity (Wildman–Crippen MR) is 113 cm³/mol. The van der Waals surface area contributed by atoms with E-state index >= 15 is 0 Å². The van der Waals surface area contributed by atoms with Crippen molar-refractivity contribution in [2.24, 2.45) is 0 Å². The third-order valence-corrected chi connectivity index (χ3v) is 5.07. The number of ketones is 2. The van der Waals surface area contributed by atoms with Crippen molar-refractivity contribution in [3.8, 4) is 5.75 Å². The lowest BCUT2D eigenvalue weighted by Crippen LogP contribution is -2.24. The fourth-order valence-electron chi connectivity index (χ4n) is 3.53. The summed E-state index contributed by atoms with van der Waals surface area (Å²) in [6.07, 6.45) is 0. The van der Waals surface area contributed by atoms with E-state index in [1.54, 1.807) is 24.3 Å².